The zero-order valence-corrected chi connectivity index (χ0v) is 16.3. The van der Waals surface area contributed by atoms with E-state index in [4.69, 9.17) is 0 Å². The zero-order chi connectivity index (χ0) is 21.5. The summed E-state index contributed by atoms with van der Waals surface area (Å²) < 4.78 is 109. The van der Waals surface area contributed by atoms with Crippen molar-refractivity contribution in [2.75, 3.05) is 0 Å². The van der Waals surface area contributed by atoms with Crippen molar-refractivity contribution in [1.29, 1.82) is 0 Å². The fraction of sp³-hybridized carbons (Fsp3) is 0.647. The summed E-state index contributed by atoms with van der Waals surface area (Å²) in [4.78, 5) is 0. The molecule has 0 fully saturated rings. The average Bonchev–Trinajstić information content (AvgIpc) is 2.51. The fourth-order valence-corrected chi connectivity index (χ4v) is 3.37. The molecular formula is C17H22F6O3S. The Bertz CT molecular complexity index is 750. The van der Waals surface area contributed by atoms with Crippen molar-refractivity contribution in [3.05, 3.63) is 35.4 Å². The van der Waals surface area contributed by atoms with Gasteiger partial charge in [-0.2, -0.15) is 34.8 Å². The lowest BCUT2D eigenvalue weighted by molar-refractivity contribution is -0.246. The van der Waals surface area contributed by atoms with Crippen LogP contribution < -0.4 is 0 Å². The van der Waals surface area contributed by atoms with Gasteiger partial charge in [-0.05, 0) is 45.2 Å². The molecule has 156 valence electrons. The highest BCUT2D eigenvalue weighted by Gasteiger charge is 2.57. The number of hydrogen-bond acceptors (Lipinski definition) is 3. The summed E-state index contributed by atoms with van der Waals surface area (Å²) in [5, 5.41) is -1.18. The molecule has 0 aliphatic carbocycles. The van der Waals surface area contributed by atoms with E-state index >= 15 is 0 Å². The number of hydrogen-bond donors (Lipinski definition) is 0. The lowest BCUT2D eigenvalue weighted by Crippen LogP contribution is -2.45. The second-order valence-corrected chi connectivity index (χ2v) is 8.98. The minimum Gasteiger partial charge on any atom is -0.249 e. The molecule has 0 aliphatic heterocycles. The van der Waals surface area contributed by atoms with Gasteiger partial charge in [-0.3, -0.25) is 0 Å². The monoisotopic (exact) mass is 420 g/mol. The summed E-state index contributed by atoms with van der Waals surface area (Å²) in [6, 6.07) is 3.41. The van der Waals surface area contributed by atoms with Crippen LogP contribution in [0.4, 0.5) is 26.3 Å². The van der Waals surface area contributed by atoms with Crippen LogP contribution >= 0.6 is 0 Å². The van der Waals surface area contributed by atoms with Crippen molar-refractivity contribution in [3.8, 4) is 0 Å². The Hall–Kier alpha value is -1.29. The molecule has 2 atom stereocenters. The van der Waals surface area contributed by atoms with Gasteiger partial charge in [0.05, 0.1) is 10.7 Å². The van der Waals surface area contributed by atoms with Gasteiger partial charge < -0.3 is 0 Å². The van der Waals surface area contributed by atoms with Gasteiger partial charge in [-0.15, -0.1) is 0 Å². The molecule has 0 aromatic heterocycles. The first-order valence-corrected chi connectivity index (χ1v) is 9.56. The van der Waals surface area contributed by atoms with E-state index in [0.717, 1.165) is 38.1 Å². The van der Waals surface area contributed by atoms with E-state index in [1.54, 1.807) is 0 Å². The third kappa shape index (κ3) is 4.59. The lowest BCUT2D eigenvalue weighted by atomic mass is 9.82. The quantitative estimate of drug-likeness (QED) is 0.454. The number of alkyl halides is 6. The predicted octanol–water partition coefficient (Wildman–Crippen LogP) is 5.45. The summed E-state index contributed by atoms with van der Waals surface area (Å²) in [6.07, 6.45) is -9.69. The topological polar surface area (TPSA) is 43.4 Å². The molecule has 10 heteroatoms. The van der Waals surface area contributed by atoms with Crippen LogP contribution in [0.5, 0.6) is 0 Å². The van der Waals surface area contributed by atoms with Crippen molar-refractivity contribution in [1.82, 2.24) is 0 Å². The van der Waals surface area contributed by atoms with E-state index in [1.165, 1.54) is 13.8 Å². The first-order valence-electron chi connectivity index (χ1n) is 8.09. The van der Waals surface area contributed by atoms with Crippen LogP contribution in [0, 0.1) is 0 Å². The summed E-state index contributed by atoms with van der Waals surface area (Å²) in [5.41, 5.74) is -6.38. The molecule has 27 heavy (non-hydrogen) atoms. The zero-order valence-electron chi connectivity index (χ0n) is 15.5. The van der Waals surface area contributed by atoms with Gasteiger partial charge in [0.2, 0.25) is 5.60 Å². The Kier molecular flexibility index (Phi) is 6.40. The van der Waals surface area contributed by atoms with Gasteiger partial charge >= 0.3 is 12.4 Å². The van der Waals surface area contributed by atoms with Crippen LogP contribution in [0.25, 0.3) is 0 Å². The Morgan fingerprint density at radius 1 is 0.889 bits per heavy atom. The summed E-state index contributed by atoms with van der Waals surface area (Å²) >= 11 is 0. The molecule has 0 heterocycles. The van der Waals surface area contributed by atoms with E-state index in [0.29, 0.717) is 6.92 Å². The van der Waals surface area contributed by atoms with Gasteiger partial charge in [0, 0.05) is 0 Å². The van der Waals surface area contributed by atoms with Gasteiger partial charge in [0.1, 0.15) is 0 Å². The smallest absolute Gasteiger partial charge is 0.249 e. The van der Waals surface area contributed by atoms with Gasteiger partial charge in [0.15, 0.2) is 0 Å². The van der Waals surface area contributed by atoms with E-state index in [9.17, 15) is 34.8 Å². The van der Waals surface area contributed by atoms with E-state index < -0.39 is 44.3 Å². The highest BCUT2D eigenvalue weighted by molar-refractivity contribution is 7.87. The van der Waals surface area contributed by atoms with Crippen molar-refractivity contribution in [3.63, 3.8) is 0 Å². The van der Waals surface area contributed by atoms with Crippen LogP contribution in [0.2, 0.25) is 0 Å². The minimum atomic E-state index is -5.12. The lowest BCUT2D eigenvalue weighted by Gasteiger charge is -2.33. The number of rotatable bonds is 6. The van der Waals surface area contributed by atoms with Crippen LogP contribution in [-0.4, -0.2) is 26.0 Å². The molecule has 1 rings (SSSR count). The molecule has 0 aliphatic rings. The molecule has 0 N–H and O–H groups in total. The third-order valence-corrected chi connectivity index (χ3v) is 6.64. The van der Waals surface area contributed by atoms with Crippen LogP contribution in [-0.2, 0) is 25.3 Å². The second-order valence-electron chi connectivity index (χ2n) is 7.03. The number of halogens is 6. The SMILES string of the molecule is CCC(C)S(=O)(=O)OC(C)(c1ccc(C(C)(C)C(F)(F)F)cc1)C(F)(F)F. The average molecular weight is 420 g/mol. The summed E-state index contributed by atoms with van der Waals surface area (Å²) in [6.45, 7) is 5.02. The maximum absolute atomic E-state index is 13.6. The van der Waals surface area contributed by atoms with E-state index in [2.05, 4.69) is 4.18 Å². The molecular weight excluding hydrogens is 398 g/mol. The highest BCUT2D eigenvalue weighted by Crippen LogP contribution is 2.45. The Labute approximate surface area is 154 Å². The first-order chi connectivity index (χ1) is 11.9. The second kappa shape index (κ2) is 7.27. The normalized spacial score (nSPS) is 17.4. The Morgan fingerprint density at radius 2 is 1.30 bits per heavy atom. The van der Waals surface area contributed by atoms with Crippen molar-refractivity contribution in [2.24, 2.45) is 0 Å². The molecule has 0 saturated carbocycles. The van der Waals surface area contributed by atoms with Crippen molar-refractivity contribution >= 4 is 10.1 Å². The molecule has 0 saturated heterocycles. The predicted molar refractivity (Wildman–Crippen MR) is 88.7 cm³/mol. The molecule has 3 nitrogen and oxygen atoms in total. The first kappa shape index (κ1) is 23.7. The fourth-order valence-electron chi connectivity index (χ4n) is 2.15. The Balaban J connectivity index is 3.43. The molecule has 0 bridgehead atoms. The maximum Gasteiger partial charge on any atom is 0.422 e. The van der Waals surface area contributed by atoms with Crippen LogP contribution in [0.1, 0.15) is 52.2 Å². The van der Waals surface area contributed by atoms with Gasteiger partial charge in [-0.25, -0.2) is 4.18 Å². The molecule has 1 aromatic rings. The van der Waals surface area contributed by atoms with Crippen LogP contribution in [0.15, 0.2) is 24.3 Å². The molecule has 1 aromatic carbocycles. The van der Waals surface area contributed by atoms with Gasteiger partial charge in [0.25, 0.3) is 10.1 Å². The third-order valence-electron chi connectivity index (χ3n) is 4.76. The summed E-state index contributed by atoms with van der Waals surface area (Å²) in [7, 11) is -4.56. The Morgan fingerprint density at radius 3 is 1.63 bits per heavy atom. The maximum atomic E-state index is 13.6. The summed E-state index contributed by atoms with van der Waals surface area (Å²) in [5.74, 6) is 0. The molecule has 0 amide bonds. The van der Waals surface area contributed by atoms with Crippen molar-refractivity contribution in [2.45, 2.75) is 69.7 Å². The highest BCUT2D eigenvalue weighted by atomic mass is 32.2. The standard InChI is InChI=1S/C17H22F6O3S/c1-6-11(2)27(24,25)26-15(5,17(21,22)23)13-9-7-12(8-10-13)14(3,4)16(18,19)20/h7-11H,6H2,1-5H3. The van der Waals surface area contributed by atoms with Crippen LogP contribution in [0.3, 0.4) is 0 Å². The number of benzene rings is 1. The minimum absolute atomic E-state index is 0.0367. The van der Waals surface area contributed by atoms with E-state index in [-0.39, 0.29) is 12.0 Å². The molecule has 0 spiro atoms. The molecule has 2 unspecified atom stereocenters. The largest absolute Gasteiger partial charge is 0.422 e. The van der Waals surface area contributed by atoms with Crippen molar-refractivity contribution < 1.29 is 38.9 Å². The van der Waals surface area contributed by atoms with Gasteiger partial charge in [-0.1, -0.05) is 31.2 Å². The van der Waals surface area contributed by atoms with E-state index in [1.807, 2.05) is 0 Å². The molecule has 0 radical (unpaired) electrons.